The van der Waals surface area contributed by atoms with Crippen molar-refractivity contribution in [2.45, 2.75) is 0 Å². The summed E-state index contributed by atoms with van der Waals surface area (Å²) in [6.45, 7) is 0. The van der Waals surface area contributed by atoms with Crippen molar-refractivity contribution in [1.82, 2.24) is 0 Å². The van der Waals surface area contributed by atoms with Crippen LogP contribution in [0.5, 0.6) is 0 Å². The Labute approximate surface area is 131 Å². The van der Waals surface area contributed by atoms with Gasteiger partial charge in [0, 0.05) is 15.6 Å². The van der Waals surface area contributed by atoms with Crippen LogP contribution >= 0.6 is 23.2 Å². The Morgan fingerprint density at radius 3 is 2.33 bits per heavy atom. The van der Waals surface area contributed by atoms with Gasteiger partial charge in [0.15, 0.2) is 5.70 Å². The molecule has 3 rings (SSSR count). The normalized spacial score (nSPS) is 16.0. The van der Waals surface area contributed by atoms with E-state index in [2.05, 4.69) is 4.99 Å². The molecular formula is C16H9Cl2NO2. The average molecular weight is 318 g/mol. The zero-order valence-electron chi connectivity index (χ0n) is 10.7. The predicted molar refractivity (Wildman–Crippen MR) is 83.5 cm³/mol. The lowest BCUT2D eigenvalue weighted by atomic mass is 10.2. The first kappa shape index (κ1) is 13.9. The van der Waals surface area contributed by atoms with E-state index in [4.69, 9.17) is 27.9 Å². The van der Waals surface area contributed by atoms with Gasteiger partial charge in [-0.15, -0.1) is 0 Å². The van der Waals surface area contributed by atoms with Crippen LogP contribution in [0.15, 0.2) is 59.2 Å². The van der Waals surface area contributed by atoms with E-state index >= 15 is 0 Å². The third-order valence-electron chi connectivity index (χ3n) is 2.83. The summed E-state index contributed by atoms with van der Waals surface area (Å²) in [6.07, 6.45) is 1.59. The minimum absolute atomic E-state index is 0.215. The molecule has 3 nitrogen and oxygen atoms in total. The molecule has 1 aliphatic rings. The molecular weight excluding hydrogens is 309 g/mol. The number of benzene rings is 2. The van der Waals surface area contributed by atoms with Gasteiger partial charge in [-0.25, -0.2) is 9.79 Å². The molecule has 5 heteroatoms. The zero-order valence-corrected chi connectivity index (χ0v) is 12.2. The van der Waals surface area contributed by atoms with Crippen LogP contribution in [0.1, 0.15) is 11.1 Å². The Morgan fingerprint density at radius 1 is 1.00 bits per heavy atom. The monoisotopic (exact) mass is 317 g/mol. The summed E-state index contributed by atoms with van der Waals surface area (Å²) in [5.41, 5.74) is 1.66. The van der Waals surface area contributed by atoms with Crippen LogP contribution in [0.3, 0.4) is 0 Å². The molecule has 0 N–H and O–H groups in total. The van der Waals surface area contributed by atoms with E-state index in [0.29, 0.717) is 21.5 Å². The van der Waals surface area contributed by atoms with Crippen LogP contribution in [0.2, 0.25) is 10.0 Å². The Kier molecular flexibility index (Phi) is 3.78. The van der Waals surface area contributed by atoms with E-state index < -0.39 is 5.97 Å². The molecule has 0 saturated heterocycles. The quantitative estimate of drug-likeness (QED) is 0.610. The fraction of sp³-hybridized carbons (Fsp3) is 0. The van der Waals surface area contributed by atoms with Gasteiger partial charge in [0.05, 0.1) is 0 Å². The Hall–Kier alpha value is -2.10. The third kappa shape index (κ3) is 3.15. The standard InChI is InChI=1S/C16H9Cl2NO2/c17-12-6-10(7-13(18)9-12)8-14-16(20)21-15(19-14)11-4-2-1-3-5-11/h1-9H. The number of cyclic esters (lactones) is 1. The molecule has 0 bridgehead atoms. The average Bonchev–Trinajstić information content (AvgIpc) is 2.80. The number of ether oxygens (including phenoxy) is 1. The van der Waals surface area contributed by atoms with Crippen molar-refractivity contribution < 1.29 is 9.53 Å². The topological polar surface area (TPSA) is 38.7 Å². The van der Waals surface area contributed by atoms with Crippen LogP contribution in [0, 0.1) is 0 Å². The molecule has 0 spiro atoms. The molecule has 0 unspecified atom stereocenters. The predicted octanol–water partition coefficient (Wildman–Crippen LogP) is 4.34. The van der Waals surface area contributed by atoms with E-state index in [9.17, 15) is 4.79 Å². The highest BCUT2D eigenvalue weighted by atomic mass is 35.5. The maximum Gasteiger partial charge on any atom is 0.363 e. The van der Waals surface area contributed by atoms with Gasteiger partial charge in [-0.3, -0.25) is 0 Å². The molecule has 2 aromatic carbocycles. The summed E-state index contributed by atoms with van der Waals surface area (Å²) in [7, 11) is 0. The summed E-state index contributed by atoms with van der Waals surface area (Å²) in [6, 6.07) is 14.3. The smallest absolute Gasteiger partial charge is 0.363 e. The Bertz CT molecular complexity index is 747. The summed E-state index contributed by atoms with van der Waals surface area (Å²) in [5, 5.41) is 0.987. The maximum atomic E-state index is 11.9. The van der Waals surface area contributed by atoms with E-state index in [1.54, 1.807) is 24.3 Å². The lowest BCUT2D eigenvalue weighted by molar-refractivity contribution is -0.129. The second-order valence-electron chi connectivity index (χ2n) is 4.40. The van der Waals surface area contributed by atoms with Gasteiger partial charge in [0.1, 0.15) is 0 Å². The molecule has 0 fully saturated rings. The molecule has 104 valence electrons. The van der Waals surface area contributed by atoms with E-state index in [1.807, 2.05) is 30.3 Å². The highest BCUT2D eigenvalue weighted by Crippen LogP contribution is 2.23. The van der Waals surface area contributed by atoms with Gasteiger partial charge in [-0.05, 0) is 42.0 Å². The van der Waals surface area contributed by atoms with Gasteiger partial charge in [-0.1, -0.05) is 41.4 Å². The molecule has 0 aliphatic carbocycles. The van der Waals surface area contributed by atoms with Crippen molar-refractivity contribution in [3.8, 4) is 0 Å². The van der Waals surface area contributed by atoms with E-state index in [0.717, 1.165) is 5.56 Å². The molecule has 1 heterocycles. The third-order valence-corrected chi connectivity index (χ3v) is 3.27. The number of nitrogens with zero attached hydrogens (tertiary/aromatic N) is 1. The Morgan fingerprint density at radius 2 is 1.67 bits per heavy atom. The highest BCUT2D eigenvalue weighted by molar-refractivity contribution is 6.34. The van der Waals surface area contributed by atoms with Crippen molar-refractivity contribution in [1.29, 1.82) is 0 Å². The summed E-state index contributed by atoms with van der Waals surface area (Å²) < 4.78 is 5.17. The molecule has 1 aliphatic heterocycles. The van der Waals surface area contributed by atoms with Crippen LogP contribution in [-0.2, 0) is 9.53 Å². The van der Waals surface area contributed by atoms with Gasteiger partial charge < -0.3 is 4.74 Å². The maximum absolute atomic E-state index is 11.9. The number of carbonyl (C=O) groups is 1. The molecule has 0 atom stereocenters. The SMILES string of the molecule is O=C1OC(c2ccccc2)=NC1=Cc1cc(Cl)cc(Cl)c1. The second-order valence-corrected chi connectivity index (χ2v) is 5.28. The highest BCUT2D eigenvalue weighted by Gasteiger charge is 2.23. The number of carbonyl (C=O) groups excluding carboxylic acids is 1. The Balaban J connectivity index is 1.97. The first-order chi connectivity index (χ1) is 10.1. The van der Waals surface area contributed by atoms with Crippen molar-refractivity contribution in [3.63, 3.8) is 0 Å². The van der Waals surface area contributed by atoms with Crippen molar-refractivity contribution in [2.75, 3.05) is 0 Å². The minimum Gasteiger partial charge on any atom is -0.402 e. The number of aliphatic imine (C=N–C) groups is 1. The molecule has 0 aromatic heterocycles. The number of halogens is 2. The molecule has 0 amide bonds. The van der Waals surface area contributed by atoms with Crippen molar-refractivity contribution in [3.05, 3.63) is 75.4 Å². The molecule has 2 aromatic rings. The molecule has 21 heavy (non-hydrogen) atoms. The number of hydrogen-bond acceptors (Lipinski definition) is 3. The minimum atomic E-state index is -0.495. The van der Waals surface area contributed by atoms with Crippen LogP contribution in [0.25, 0.3) is 6.08 Å². The fourth-order valence-electron chi connectivity index (χ4n) is 1.93. The molecule has 0 radical (unpaired) electrons. The zero-order chi connectivity index (χ0) is 14.8. The van der Waals surface area contributed by atoms with E-state index in [-0.39, 0.29) is 5.70 Å². The van der Waals surface area contributed by atoms with Gasteiger partial charge >= 0.3 is 5.97 Å². The first-order valence-corrected chi connectivity index (χ1v) is 6.91. The van der Waals surface area contributed by atoms with E-state index in [1.165, 1.54) is 0 Å². The number of rotatable bonds is 2. The van der Waals surface area contributed by atoms with Crippen molar-refractivity contribution in [2.24, 2.45) is 4.99 Å². The molecule has 0 saturated carbocycles. The lowest BCUT2D eigenvalue weighted by Crippen LogP contribution is -2.04. The van der Waals surface area contributed by atoms with Gasteiger partial charge in [0.2, 0.25) is 5.90 Å². The lowest BCUT2D eigenvalue weighted by Gasteiger charge is -1.97. The van der Waals surface area contributed by atoms with Gasteiger partial charge in [0.25, 0.3) is 0 Å². The van der Waals surface area contributed by atoms with Crippen molar-refractivity contribution >= 4 is 41.1 Å². The van der Waals surface area contributed by atoms with Crippen LogP contribution < -0.4 is 0 Å². The number of hydrogen-bond donors (Lipinski definition) is 0. The summed E-state index contributed by atoms with van der Waals surface area (Å²) in [4.78, 5) is 16.1. The van der Waals surface area contributed by atoms with Gasteiger partial charge in [-0.2, -0.15) is 0 Å². The fourth-order valence-corrected chi connectivity index (χ4v) is 2.47. The summed E-state index contributed by atoms with van der Waals surface area (Å²) >= 11 is 11.9. The van der Waals surface area contributed by atoms with Crippen LogP contribution in [-0.4, -0.2) is 11.9 Å². The second kappa shape index (κ2) is 5.72. The summed E-state index contributed by atoms with van der Waals surface area (Å²) in [5.74, 6) is -0.204. The number of esters is 1. The largest absolute Gasteiger partial charge is 0.402 e. The van der Waals surface area contributed by atoms with Crippen LogP contribution in [0.4, 0.5) is 0 Å². The first-order valence-electron chi connectivity index (χ1n) is 6.16.